The monoisotopic (exact) mass is 415 g/mol. The van der Waals surface area contributed by atoms with E-state index in [9.17, 15) is 9.90 Å². The van der Waals surface area contributed by atoms with Gasteiger partial charge in [-0.25, -0.2) is 0 Å². The average Bonchev–Trinajstić information content (AvgIpc) is 2.70. The molecule has 2 aromatic rings. The maximum Gasteiger partial charge on any atom is 0.266 e. The van der Waals surface area contributed by atoms with E-state index in [0.717, 1.165) is 3.57 Å². The summed E-state index contributed by atoms with van der Waals surface area (Å²) in [5.41, 5.74) is -0.393. The van der Waals surface area contributed by atoms with Crippen LogP contribution in [0.1, 0.15) is 11.1 Å². The number of benzene rings is 2. The second kappa shape index (κ2) is 5.15. The largest absolute Gasteiger partial charge is 0.496 e. The second-order valence-corrected chi connectivity index (χ2v) is 6.38. The molecule has 6 heteroatoms. The standard InChI is InChI=1S/C15H11ClINO3/c1-21-13-5-2-8(16)6-11(13)15(20)10-4-3-9(17)7-12(10)18-14(15)19/h2-7,20H,1H3,(H,18,19). The Bertz CT molecular complexity index is 750. The van der Waals surface area contributed by atoms with Gasteiger partial charge in [0.15, 0.2) is 5.60 Å². The van der Waals surface area contributed by atoms with Crippen molar-refractivity contribution in [2.75, 3.05) is 12.4 Å². The van der Waals surface area contributed by atoms with Gasteiger partial charge < -0.3 is 15.2 Å². The molecule has 0 saturated heterocycles. The molecule has 0 fully saturated rings. The van der Waals surface area contributed by atoms with E-state index in [2.05, 4.69) is 27.9 Å². The van der Waals surface area contributed by atoms with Crippen molar-refractivity contribution < 1.29 is 14.6 Å². The molecule has 2 aromatic carbocycles. The third-order valence-corrected chi connectivity index (χ3v) is 4.41. The summed E-state index contributed by atoms with van der Waals surface area (Å²) < 4.78 is 6.23. The van der Waals surface area contributed by atoms with Crippen molar-refractivity contribution in [3.63, 3.8) is 0 Å². The van der Waals surface area contributed by atoms with Crippen LogP contribution in [0.25, 0.3) is 0 Å². The summed E-state index contributed by atoms with van der Waals surface area (Å²) in [5.74, 6) is -0.108. The predicted molar refractivity (Wildman–Crippen MR) is 88.8 cm³/mol. The van der Waals surface area contributed by atoms with Gasteiger partial charge in [-0.2, -0.15) is 0 Å². The lowest BCUT2D eigenvalue weighted by atomic mass is 9.87. The molecule has 0 spiro atoms. The third-order valence-electron chi connectivity index (χ3n) is 3.50. The molecule has 4 nitrogen and oxygen atoms in total. The van der Waals surface area contributed by atoms with E-state index in [-0.39, 0.29) is 0 Å². The SMILES string of the molecule is COc1ccc(Cl)cc1C1(O)C(=O)Nc2cc(I)ccc21. The van der Waals surface area contributed by atoms with Gasteiger partial charge in [0.05, 0.1) is 7.11 Å². The third kappa shape index (κ3) is 2.20. The number of carbonyl (C=O) groups is 1. The Balaban J connectivity index is 2.27. The van der Waals surface area contributed by atoms with Crippen molar-refractivity contribution in [3.05, 3.63) is 56.1 Å². The van der Waals surface area contributed by atoms with Gasteiger partial charge in [-0.1, -0.05) is 17.7 Å². The molecule has 1 heterocycles. The van der Waals surface area contributed by atoms with E-state index >= 15 is 0 Å². The fourth-order valence-electron chi connectivity index (χ4n) is 2.50. The van der Waals surface area contributed by atoms with Gasteiger partial charge in [0.2, 0.25) is 0 Å². The van der Waals surface area contributed by atoms with Gasteiger partial charge in [0, 0.05) is 25.4 Å². The molecule has 108 valence electrons. The zero-order valence-corrected chi connectivity index (χ0v) is 13.9. The zero-order valence-electron chi connectivity index (χ0n) is 11.0. The lowest BCUT2D eigenvalue weighted by molar-refractivity contribution is -0.129. The van der Waals surface area contributed by atoms with Crippen LogP contribution in [0, 0.1) is 3.57 Å². The van der Waals surface area contributed by atoms with Crippen molar-refractivity contribution in [3.8, 4) is 5.75 Å². The lowest BCUT2D eigenvalue weighted by Gasteiger charge is -2.23. The second-order valence-electron chi connectivity index (χ2n) is 4.70. The highest BCUT2D eigenvalue weighted by atomic mass is 127. The number of hydrogen-bond donors (Lipinski definition) is 2. The maximum atomic E-state index is 12.4. The quantitative estimate of drug-likeness (QED) is 0.741. The predicted octanol–water partition coefficient (Wildman–Crippen LogP) is 3.14. The number of nitrogens with one attached hydrogen (secondary N) is 1. The Kier molecular flexibility index (Phi) is 3.59. The zero-order chi connectivity index (χ0) is 15.2. The Labute approximate surface area is 140 Å². The Hall–Kier alpha value is -1.31. The first kappa shape index (κ1) is 14.6. The fraction of sp³-hybridized carbons (Fsp3) is 0.133. The Morgan fingerprint density at radius 1 is 1.24 bits per heavy atom. The number of fused-ring (bicyclic) bond motifs is 1. The number of methoxy groups -OCH3 is 1. The van der Waals surface area contributed by atoms with Gasteiger partial charge in [-0.3, -0.25) is 4.79 Å². The number of hydrogen-bond acceptors (Lipinski definition) is 3. The number of aliphatic hydroxyl groups is 1. The smallest absolute Gasteiger partial charge is 0.266 e. The molecule has 0 radical (unpaired) electrons. The van der Waals surface area contributed by atoms with E-state index < -0.39 is 11.5 Å². The molecule has 0 saturated carbocycles. The van der Waals surface area contributed by atoms with Crippen molar-refractivity contribution in [2.45, 2.75) is 5.60 Å². The topological polar surface area (TPSA) is 58.6 Å². The van der Waals surface area contributed by atoms with Crippen LogP contribution in [0.2, 0.25) is 5.02 Å². The molecule has 21 heavy (non-hydrogen) atoms. The molecule has 1 aliphatic rings. The lowest BCUT2D eigenvalue weighted by Crippen LogP contribution is -2.35. The van der Waals surface area contributed by atoms with Gasteiger partial charge >= 0.3 is 0 Å². The summed E-state index contributed by atoms with van der Waals surface area (Å²) in [6.07, 6.45) is 0. The van der Waals surface area contributed by atoms with E-state index in [1.807, 2.05) is 12.1 Å². The number of halogens is 2. The van der Waals surface area contributed by atoms with Crippen LogP contribution in [0.3, 0.4) is 0 Å². The van der Waals surface area contributed by atoms with E-state index in [4.69, 9.17) is 16.3 Å². The first-order chi connectivity index (χ1) is 9.96. The molecule has 3 rings (SSSR count). The van der Waals surface area contributed by atoms with Crippen molar-refractivity contribution in [2.24, 2.45) is 0 Å². The van der Waals surface area contributed by atoms with Crippen LogP contribution in [-0.4, -0.2) is 18.1 Å². The minimum atomic E-state index is -1.81. The van der Waals surface area contributed by atoms with Crippen LogP contribution >= 0.6 is 34.2 Å². The van der Waals surface area contributed by atoms with Crippen LogP contribution in [0.5, 0.6) is 5.75 Å². The van der Waals surface area contributed by atoms with E-state index in [1.165, 1.54) is 7.11 Å². The number of anilines is 1. The van der Waals surface area contributed by atoms with Crippen molar-refractivity contribution in [1.82, 2.24) is 0 Å². The molecule has 1 unspecified atom stereocenters. The van der Waals surface area contributed by atoms with Crippen LogP contribution in [0.4, 0.5) is 5.69 Å². The summed E-state index contributed by atoms with van der Waals surface area (Å²) in [6, 6.07) is 10.2. The minimum Gasteiger partial charge on any atom is -0.496 e. The van der Waals surface area contributed by atoms with Crippen LogP contribution < -0.4 is 10.1 Å². The minimum absolute atomic E-state index is 0.329. The van der Waals surface area contributed by atoms with Gasteiger partial charge in [-0.05, 0) is 52.9 Å². The number of carbonyl (C=O) groups excluding carboxylic acids is 1. The summed E-state index contributed by atoms with van der Waals surface area (Å²) in [6.45, 7) is 0. The molecule has 1 amide bonds. The maximum absolute atomic E-state index is 12.4. The summed E-state index contributed by atoms with van der Waals surface area (Å²) in [7, 11) is 1.48. The van der Waals surface area contributed by atoms with E-state index in [0.29, 0.717) is 27.6 Å². The van der Waals surface area contributed by atoms with Crippen molar-refractivity contribution in [1.29, 1.82) is 0 Å². The Morgan fingerprint density at radius 3 is 2.71 bits per heavy atom. The molecular weight excluding hydrogens is 405 g/mol. The molecular formula is C15H11ClINO3. The molecule has 2 N–H and O–H groups in total. The summed E-state index contributed by atoms with van der Waals surface area (Å²) in [5, 5.41) is 14.2. The number of amides is 1. The van der Waals surface area contributed by atoms with E-state index in [1.54, 1.807) is 24.3 Å². The average molecular weight is 416 g/mol. The highest BCUT2D eigenvalue weighted by Crippen LogP contribution is 2.45. The molecule has 1 atom stereocenters. The van der Waals surface area contributed by atoms with Crippen molar-refractivity contribution >= 4 is 45.8 Å². The number of rotatable bonds is 2. The summed E-state index contributed by atoms with van der Waals surface area (Å²) >= 11 is 8.16. The molecule has 0 aliphatic carbocycles. The molecule has 1 aliphatic heterocycles. The highest BCUT2D eigenvalue weighted by molar-refractivity contribution is 14.1. The van der Waals surface area contributed by atoms with Gasteiger partial charge in [-0.15, -0.1) is 0 Å². The highest BCUT2D eigenvalue weighted by Gasteiger charge is 2.48. The van der Waals surface area contributed by atoms with Gasteiger partial charge in [0.1, 0.15) is 5.75 Å². The normalized spacial score (nSPS) is 20.1. The fourth-order valence-corrected chi connectivity index (χ4v) is 3.16. The van der Waals surface area contributed by atoms with Crippen LogP contribution in [0.15, 0.2) is 36.4 Å². The van der Waals surface area contributed by atoms with Gasteiger partial charge in [0.25, 0.3) is 5.91 Å². The first-order valence-corrected chi connectivity index (χ1v) is 7.60. The molecule has 0 aromatic heterocycles. The molecule has 0 bridgehead atoms. The Morgan fingerprint density at radius 2 is 2.00 bits per heavy atom. The summed E-state index contributed by atoms with van der Waals surface area (Å²) in [4.78, 5) is 12.4. The van der Waals surface area contributed by atoms with Crippen LogP contribution in [-0.2, 0) is 10.4 Å². The number of ether oxygens (including phenoxy) is 1. The first-order valence-electron chi connectivity index (χ1n) is 6.14.